The van der Waals surface area contributed by atoms with Crippen LogP contribution in [0.15, 0.2) is 30.9 Å². The monoisotopic (exact) mass is 326 g/mol. The van der Waals surface area contributed by atoms with Gasteiger partial charge in [-0.1, -0.05) is 0 Å². The van der Waals surface area contributed by atoms with Gasteiger partial charge in [0.1, 0.15) is 5.56 Å². The number of rotatable bonds is 4. The Morgan fingerprint density at radius 2 is 2.33 bits per heavy atom. The molecule has 4 heterocycles. The molecule has 8 heteroatoms. The summed E-state index contributed by atoms with van der Waals surface area (Å²) in [6, 6.07) is 1.84. The molecule has 0 radical (unpaired) electrons. The van der Waals surface area contributed by atoms with Gasteiger partial charge in [-0.05, 0) is 25.8 Å². The number of ether oxygens (including phenoxy) is 1. The Labute approximate surface area is 138 Å². The number of hydrogen-bond acceptors (Lipinski definition) is 5. The van der Waals surface area contributed by atoms with Crippen LogP contribution in [0.5, 0.6) is 0 Å². The lowest BCUT2D eigenvalue weighted by Crippen LogP contribution is -2.15. The lowest BCUT2D eigenvalue weighted by atomic mass is 10.2. The molecule has 1 fully saturated rings. The SMILES string of the molecule is Cc1ccn2ncc(C(=O)Nc3cnn(CC4CCCO4)c3)c2n1. The molecule has 8 nitrogen and oxygen atoms in total. The Morgan fingerprint density at radius 3 is 3.17 bits per heavy atom. The van der Waals surface area contributed by atoms with Crippen LogP contribution in [-0.4, -0.2) is 43.0 Å². The average Bonchev–Trinajstić information content (AvgIpc) is 3.28. The fourth-order valence-electron chi connectivity index (χ4n) is 2.84. The molecule has 1 aliphatic rings. The first-order chi connectivity index (χ1) is 11.7. The first-order valence-corrected chi connectivity index (χ1v) is 7.95. The molecule has 4 rings (SSSR count). The smallest absolute Gasteiger partial charge is 0.261 e. The van der Waals surface area contributed by atoms with E-state index in [-0.39, 0.29) is 12.0 Å². The molecular weight excluding hydrogens is 308 g/mol. The number of aryl methyl sites for hydroxylation is 1. The highest BCUT2D eigenvalue weighted by Gasteiger charge is 2.18. The third-order valence-electron chi connectivity index (χ3n) is 4.06. The van der Waals surface area contributed by atoms with Crippen LogP contribution in [-0.2, 0) is 11.3 Å². The minimum atomic E-state index is -0.250. The minimum absolute atomic E-state index is 0.209. The third kappa shape index (κ3) is 2.88. The summed E-state index contributed by atoms with van der Waals surface area (Å²) in [5.41, 5.74) is 2.45. The molecule has 1 unspecified atom stereocenters. The number of amides is 1. The molecule has 1 N–H and O–H groups in total. The molecule has 0 spiro atoms. The maximum atomic E-state index is 12.5. The topological polar surface area (TPSA) is 86.3 Å². The second-order valence-electron chi connectivity index (χ2n) is 5.94. The number of fused-ring (bicyclic) bond motifs is 1. The van der Waals surface area contributed by atoms with Gasteiger partial charge in [-0.2, -0.15) is 10.2 Å². The molecule has 1 atom stereocenters. The lowest BCUT2D eigenvalue weighted by molar-refractivity contribution is 0.0940. The summed E-state index contributed by atoms with van der Waals surface area (Å²) < 4.78 is 8.98. The van der Waals surface area contributed by atoms with Crippen molar-refractivity contribution >= 4 is 17.2 Å². The van der Waals surface area contributed by atoms with Crippen LogP contribution >= 0.6 is 0 Å². The van der Waals surface area contributed by atoms with E-state index >= 15 is 0 Å². The zero-order valence-corrected chi connectivity index (χ0v) is 13.3. The normalized spacial score (nSPS) is 17.5. The third-order valence-corrected chi connectivity index (χ3v) is 4.06. The van der Waals surface area contributed by atoms with Gasteiger partial charge < -0.3 is 10.1 Å². The quantitative estimate of drug-likeness (QED) is 0.788. The summed E-state index contributed by atoms with van der Waals surface area (Å²) in [4.78, 5) is 16.9. The van der Waals surface area contributed by atoms with Crippen molar-refractivity contribution in [2.24, 2.45) is 0 Å². The van der Waals surface area contributed by atoms with Crippen LogP contribution in [0.4, 0.5) is 5.69 Å². The minimum Gasteiger partial charge on any atom is -0.376 e. The summed E-state index contributed by atoms with van der Waals surface area (Å²) in [7, 11) is 0. The number of carbonyl (C=O) groups excluding carboxylic acids is 1. The Hall–Kier alpha value is -2.74. The van der Waals surface area contributed by atoms with Crippen molar-refractivity contribution in [3.05, 3.63) is 42.1 Å². The molecule has 0 saturated carbocycles. The Morgan fingerprint density at radius 1 is 1.42 bits per heavy atom. The van der Waals surface area contributed by atoms with Gasteiger partial charge in [0.05, 0.1) is 30.7 Å². The Kier molecular flexibility index (Phi) is 3.73. The van der Waals surface area contributed by atoms with E-state index in [0.717, 1.165) is 25.1 Å². The fourth-order valence-corrected chi connectivity index (χ4v) is 2.84. The highest BCUT2D eigenvalue weighted by Crippen LogP contribution is 2.16. The van der Waals surface area contributed by atoms with E-state index in [4.69, 9.17) is 4.74 Å². The zero-order valence-electron chi connectivity index (χ0n) is 13.3. The van der Waals surface area contributed by atoms with Gasteiger partial charge in [-0.3, -0.25) is 9.48 Å². The molecule has 0 bridgehead atoms. The number of nitrogens with zero attached hydrogens (tertiary/aromatic N) is 5. The zero-order chi connectivity index (χ0) is 16.5. The van der Waals surface area contributed by atoms with Crippen LogP contribution in [0.1, 0.15) is 28.9 Å². The maximum Gasteiger partial charge on any atom is 0.261 e. The van der Waals surface area contributed by atoms with Gasteiger partial charge in [0, 0.05) is 24.7 Å². The van der Waals surface area contributed by atoms with Gasteiger partial charge in [-0.15, -0.1) is 0 Å². The molecule has 24 heavy (non-hydrogen) atoms. The summed E-state index contributed by atoms with van der Waals surface area (Å²) in [6.45, 7) is 3.40. The van der Waals surface area contributed by atoms with Crippen molar-refractivity contribution in [2.45, 2.75) is 32.4 Å². The van der Waals surface area contributed by atoms with Crippen molar-refractivity contribution in [1.82, 2.24) is 24.4 Å². The summed E-state index contributed by atoms with van der Waals surface area (Å²) >= 11 is 0. The van der Waals surface area contributed by atoms with Crippen molar-refractivity contribution in [1.29, 1.82) is 0 Å². The largest absolute Gasteiger partial charge is 0.376 e. The second kappa shape index (κ2) is 6.04. The summed E-state index contributed by atoms with van der Waals surface area (Å²) in [6.07, 6.45) is 9.11. The van der Waals surface area contributed by atoms with Crippen molar-refractivity contribution in [2.75, 3.05) is 11.9 Å². The number of carbonyl (C=O) groups is 1. The number of nitrogens with one attached hydrogen (secondary N) is 1. The fraction of sp³-hybridized carbons (Fsp3) is 0.375. The molecule has 0 aromatic carbocycles. The summed E-state index contributed by atoms with van der Waals surface area (Å²) in [5.74, 6) is -0.250. The van der Waals surface area contributed by atoms with Gasteiger partial charge >= 0.3 is 0 Å². The molecule has 1 saturated heterocycles. The van der Waals surface area contributed by atoms with E-state index in [0.29, 0.717) is 23.4 Å². The van der Waals surface area contributed by atoms with Crippen LogP contribution < -0.4 is 5.32 Å². The molecule has 1 aliphatic heterocycles. The predicted molar refractivity (Wildman–Crippen MR) is 86.9 cm³/mol. The maximum absolute atomic E-state index is 12.5. The van der Waals surface area contributed by atoms with Crippen LogP contribution in [0.2, 0.25) is 0 Å². The van der Waals surface area contributed by atoms with Gasteiger partial charge in [0.2, 0.25) is 0 Å². The Bertz CT molecular complexity index is 878. The van der Waals surface area contributed by atoms with E-state index in [1.807, 2.05) is 19.2 Å². The van der Waals surface area contributed by atoms with Crippen LogP contribution in [0, 0.1) is 6.92 Å². The molecule has 1 amide bonds. The summed E-state index contributed by atoms with van der Waals surface area (Å²) in [5, 5.41) is 11.3. The van der Waals surface area contributed by atoms with Gasteiger partial charge in [0.15, 0.2) is 5.65 Å². The van der Waals surface area contributed by atoms with E-state index in [2.05, 4.69) is 20.5 Å². The van der Waals surface area contributed by atoms with E-state index in [9.17, 15) is 4.79 Å². The highest BCUT2D eigenvalue weighted by atomic mass is 16.5. The van der Waals surface area contributed by atoms with Gasteiger partial charge in [0.25, 0.3) is 5.91 Å². The number of aromatic nitrogens is 5. The van der Waals surface area contributed by atoms with Crippen molar-refractivity contribution in [3.8, 4) is 0 Å². The Balaban J connectivity index is 1.49. The van der Waals surface area contributed by atoms with Crippen LogP contribution in [0.3, 0.4) is 0 Å². The molecule has 3 aromatic heterocycles. The molecule has 0 aliphatic carbocycles. The van der Waals surface area contributed by atoms with Gasteiger partial charge in [-0.25, -0.2) is 9.50 Å². The number of hydrogen-bond donors (Lipinski definition) is 1. The lowest BCUT2D eigenvalue weighted by Gasteiger charge is -2.08. The van der Waals surface area contributed by atoms with Crippen molar-refractivity contribution < 1.29 is 9.53 Å². The highest BCUT2D eigenvalue weighted by molar-refractivity contribution is 6.08. The molecule has 3 aromatic rings. The molecular formula is C16H18N6O2. The van der Waals surface area contributed by atoms with Crippen LogP contribution in [0.25, 0.3) is 5.65 Å². The second-order valence-corrected chi connectivity index (χ2v) is 5.94. The standard InChI is InChI=1S/C16H18N6O2/c1-11-4-5-22-15(19-11)14(8-18-22)16(23)20-12-7-17-21(9-12)10-13-3-2-6-24-13/h4-5,7-9,13H,2-3,6,10H2,1H3,(H,20,23). The molecule has 124 valence electrons. The predicted octanol–water partition coefficient (Wildman–Crippen LogP) is 1.67. The van der Waals surface area contributed by atoms with E-state index in [1.165, 1.54) is 6.20 Å². The first kappa shape index (κ1) is 14.8. The first-order valence-electron chi connectivity index (χ1n) is 7.95. The van der Waals surface area contributed by atoms with E-state index in [1.54, 1.807) is 21.6 Å². The van der Waals surface area contributed by atoms with Crippen molar-refractivity contribution in [3.63, 3.8) is 0 Å². The average molecular weight is 326 g/mol. The van der Waals surface area contributed by atoms with E-state index < -0.39 is 0 Å². The number of anilines is 1.